The lowest BCUT2D eigenvalue weighted by Gasteiger charge is -2.28. The molecule has 0 spiro atoms. The molecule has 3 aromatic rings. The summed E-state index contributed by atoms with van der Waals surface area (Å²) in [6.07, 6.45) is 1.32. The summed E-state index contributed by atoms with van der Waals surface area (Å²) in [5, 5.41) is 1.44. The zero-order valence-corrected chi connectivity index (χ0v) is 17.1. The molecule has 0 aliphatic heterocycles. The molecular formula is C22H19BrNO2P. The normalized spacial score (nSPS) is 11.0. The summed E-state index contributed by atoms with van der Waals surface area (Å²) in [6.45, 7) is 3.61. The Bertz CT molecular complexity index is 929. The van der Waals surface area contributed by atoms with Gasteiger partial charge in [-0.2, -0.15) is 0 Å². The van der Waals surface area contributed by atoms with Crippen LogP contribution in [0.1, 0.15) is 0 Å². The van der Waals surface area contributed by atoms with Gasteiger partial charge in [-0.15, -0.1) is 0 Å². The van der Waals surface area contributed by atoms with Gasteiger partial charge in [-0.05, 0) is 30.3 Å². The van der Waals surface area contributed by atoms with E-state index in [1.807, 2.05) is 84.9 Å². The van der Waals surface area contributed by atoms with E-state index in [9.17, 15) is 9.36 Å². The molecule has 3 rings (SSSR count). The van der Waals surface area contributed by atoms with Crippen molar-refractivity contribution in [2.24, 2.45) is 0 Å². The largest absolute Gasteiger partial charge is 0.312 e. The molecule has 1 amide bonds. The third-order valence-electron chi connectivity index (χ3n) is 4.27. The predicted molar refractivity (Wildman–Crippen MR) is 116 cm³/mol. The Morgan fingerprint density at radius 2 is 1.37 bits per heavy atom. The summed E-state index contributed by atoms with van der Waals surface area (Å²) >= 11 is 3.41. The van der Waals surface area contributed by atoms with Crippen LogP contribution >= 0.6 is 23.1 Å². The molecule has 136 valence electrons. The Morgan fingerprint density at radius 3 is 1.81 bits per heavy atom. The van der Waals surface area contributed by atoms with Crippen molar-refractivity contribution in [3.05, 3.63) is 102 Å². The van der Waals surface area contributed by atoms with E-state index in [4.69, 9.17) is 0 Å². The van der Waals surface area contributed by atoms with Gasteiger partial charge in [0.15, 0.2) is 7.14 Å². The fraction of sp³-hybridized carbons (Fsp3) is 0.0455. The van der Waals surface area contributed by atoms with Crippen LogP contribution in [0.15, 0.2) is 102 Å². The minimum Gasteiger partial charge on any atom is -0.312 e. The summed E-state index contributed by atoms with van der Waals surface area (Å²) in [4.78, 5) is 14.1. The van der Waals surface area contributed by atoms with Crippen molar-refractivity contribution in [3.8, 4) is 0 Å². The molecule has 27 heavy (non-hydrogen) atoms. The van der Waals surface area contributed by atoms with Crippen LogP contribution in [-0.2, 0) is 9.36 Å². The predicted octanol–water partition coefficient (Wildman–Crippen LogP) is 4.94. The van der Waals surface area contributed by atoms with E-state index in [2.05, 4.69) is 22.5 Å². The van der Waals surface area contributed by atoms with Crippen LogP contribution in [0.4, 0.5) is 5.69 Å². The number of amides is 1. The van der Waals surface area contributed by atoms with Gasteiger partial charge < -0.3 is 9.46 Å². The molecule has 0 atom stereocenters. The molecule has 0 bridgehead atoms. The fourth-order valence-corrected chi connectivity index (χ4v) is 5.76. The van der Waals surface area contributed by atoms with E-state index in [-0.39, 0.29) is 12.2 Å². The van der Waals surface area contributed by atoms with Gasteiger partial charge in [0, 0.05) is 20.8 Å². The van der Waals surface area contributed by atoms with Crippen LogP contribution < -0.4 is 15.5 Å². The van der Waals surface area contributed by atoms with Gasteiger partial charge in [0.2, 0.25) is 0 Å². The number of halogens is 1. The van der Waals surface area contributed by atoms with Crippen molar-refractivity contribution >= 4 is 45.3 Å². The molecule has 3 nitrogen and oxygen atoms in total. The van der Waals surface area contributed by atoms with Crippen LogP contribution in [-0.4, -0.2) is 12.2 Å². The topological polar surface area (TPSA) is 37.4 Å². The molecule has 3 aromatic carbocycles. The quantitative estimate of drug-likeness (QED) is 0.402. The first-order valence-corrected chi connectivity index (χ1v) is 11.1. The van der Waals surface area contributed by atoms with Crippen molar-refractivity contribution < 1.29 is 9.36 Å². The SMILES string of the molecule is C=CC(=O)N(CP(=O)(c1ccccc1)c1ccccc1)c1ccc(Br)cc1. The van der Waals surface area contributed by atoms with Gasteiger partial charge in [-0.1, -0.05) is 83.2 Å². The average molecular weight is 440 g/mol. The number of hydrogen-bond donors (Lipinski definition) is 0. The molecule has 0 heterocycles. The van der Waals surface area contributed by atoms with Crippen molar-refractivity contribution in [3.63, 3.8) is 0 Å². The smallest absolute Gasteiger partial charge is 0.250 e. The van der Waals surface area contributed by atoms with Crippen molar-refractivity contribution in [2.75, 3.05) is 11.2 Å². The Balaban J connectivity index is 2.11. The number of carbonyl (C=O) groups excluding carboxylic acids is 1. The fourth-order valence-electron chi connectivity index (χ4n) is 2.86. The second-order valence-electron chi connectivity index (χ2n) is 6.00. The van der Waals surface area contributed by atoms with Crippen LogP contribution in [0.2, 0.25) is 0 Å². The highest BCUT2D eigenvalue weighted by atomic mass is 79.9. The molecular weight excluding hydrogens is 421 g/mol. The van der Waals surface area contributed by atoms with Gasteiger partial charge in [-0.25, -0.2) is 0 Å². The third-order valence-corrected chi connectivity index (χ3v) is 7.74. The molecule has 0 fully saturated rings. The van der Waals surface area contributed by atoms with Gasteiger partial charge in [0.25, 0.3) is 5.91 Å². The Labute approximate surface area is 167 Å². The molecule has 0 radical (unpaired) electrons. The van der Waals surface area contributed by atoms with Gasteiger partial charge in [0.05, 0.1) is 6.29 Å². The molecule has 0 N–H and O–H groups in total. The second-order valence-corrected chi connectivity index (χ2v) is 9.71. The zero-order valence-electron chi connectivity index (χ0n) is 14.7. The maximum atomic E-state index is 14.3. The zero-order chi connectivity index (χ0) is 19.3. The Kier molecular flexibility index (Phi) is 6.10. The highest BCUT2D eigenvalue weighted by molar-refractivity contribution is 9.10. The van der Waals surface area contributed by atoms with Gasteiger partial charge in [0.1, 0.15) is 0 Å². The average Bonchev–Trinajstić information content (AvgIpc) is 2.73. The summed E-state index contributed by atoms with van der Waals surface area (Å²) in [6, 6.07) is 26.0. The highest BCUT2D eigenvalue weighted by Gasteiger charge is 2.31. The molecule has 0 saturated heterocycles. The van der Waals surface area contributed by atoms with Crippen LogP contribution in [0.25, 0.3) is 0 Å². The van der Waals surface area contributed by atoms with E-state index >= 15 is 0 Å². The monoisotopic (exact) mass is 439 g/mol. The molecule has 0 aliphatic carbocycles. The van der Waals surface area contributed by atoms with Crippen molar-refractivity contribution in [1.82, 2.24) is 0 Å². The molecule has 0 aromatic heterocycles. The first-order chi connectivity index (χ1) is 13.0. The van der Waals surface area contributed by atoms with Gasteiger partial charge in [-0.3, -0.25) is 4.79 Å². The van der Waals surface area contributed by atoms with E-state index < -0.39 is 7.14 Å². The lowest BCUT2D eigenvalue weighted by molar-refractivity contribution is -0.114. The van der Waals surface area contributed by atoms with Crippen molar-refractivity contribution in [2.45, 2.75) is 0 Å². The first-order valence-electron chi connectivity index (χ1n) is 8.44. The first kappa shape index (κ1) is 19.3. The summed E-state index contributed by atoms with van der Waals surface area (Å²) in [5.74, 6) is -0.288. The third kappa shape index (κ3) is 4.29. The lowest BCUT2D eigenvalue weighted by Crippen LogP contribution is -2.34. The maximum Gasteiger partial charge on any atom is 0.250 e. The standard InChI is InChI=1S/C22H19BrNO2P/c1-2-22(25)24(19-15-13-18(23)14-16-19)17-27(26,20-9-5-3-6-10-20)21-11-7-4-8-12-21/h2-16H,1,17H2. The summed E-state index contributed by atoms with van der Waals surface area (Å²) in [5.41, 5.74) is 0.676. The number of benzene rings is 3. The van der Waals surface area contributed by atoms with Crippen LogP contribution in [0.5, 0.6) is 0 Å². The summed E-state index contributed by atoms with van der Waals surface area (Å²) in [7, 11) is -3.08. The van der Waals surface area contributed by atoms with E-state index in [0.717, 1.165) is 15.1 Å². The maximum absolute atomic E-state index is 14.3. The van der Waals surface area contributed by atoms with E-state index in [0.29, 0.717) is 5.69 Å². The van der Waals surface area contributed by atoms with Gasteiger partial charge >= 0.3 is 0 Å². The highest BCUT2D eigenvalue weighted by Crippen LogP contribution is 2.45. The number of carbonyl (C=O) groups is 1. The number of hydrogen-bond acceptors (Lipinski definition) is 2. The molecule has 0 aliphatic rings. The van der Waals surface area contributed by atoms with E-state index in [1.165, 1.54) is 11.0 Å². The van der Waals surface area contributed by atoms with Crippen LogP contribution in [0, 0.1) is 0 Å². The second kappa shape index (κ2) is 8.51. The number of nitrogens with zero attached hydrogens (tertiary/aromatic N) is 1. The Hall–Kier alpha value is -2.42. The molecule has 0 unspecified atom stereocenters. The minimum absolute atomic E-state index is 0.0630. The molecule has 5 heteroatoms. The minimum atomic E-state index is -3.08. The van der Waals surface area contributed by atoms with Crippen LogP contribution in [0.3, 0.4) is 0 Å². The Morgan fingerprint density at radius 1 is 0.889 bits per heavy atom. The summed E-state index contributed by atoms with van der Waals surface area (Å²) < 4.78 is 15.2. The molecule has 0 saturated carbocycles. The number of rotatable bonds is 6. The number of anilines is 1. The van der Waals surface area contributed by atoms with Crippen molar-refractivity contribution in [1.29, 1.82) is 0 Å². The lowest BCUT2D eigenvalue weighted by atomic mass is 10.3. The van der Waals surface area contributed by atoms with E-state index in [1.54, 1.807) is 0 Å².